The predicted molar refractivity (Wildman–Crippen MR) is 106 cm³/mol. The van der Waals surface area contributed by atoms with Crippen LogP contribution in [0.3, 0.4) is 0 Å². The molecule has 0 aliphatic carbocycles. The summed E-state index contributed by atoms with van der Waals surface area (Å²) in [5, 5.41) is 0. The van der Waals surface area contributed by atoms with E-state index in [9.17, 15) is 4.79 Å². The number of hydrogen-bond donors (Lipinski definition) is 0. The Balaban J connectivity index is 1.90. The van der Waals surface area contributed by atoms with Crippen LogP contribution >= 0.6 is 0 Å². The van der Waals surface area contributed by atoms with Crippen LogP contribution < -0.4 is 14.2 Å². The number of methoxy groups -OCH3 is 1. The van der Waals surface area contributed by atoms with Crippen molar-refractivity contribution in [1.29, 1.82) is 0 Å². The van der Waals surface area contributed by atoms with Gasteiger partial charge in [0.05, 0.1) is 13.7 Å². The van der Waals surface area contributed by atoms with Gasteiger partial charge in [-0.05, 0) is 41.8 Å². The highest BCUT2D eigenvalue weighted by molar-refractivity contribution is 5.78. The number of hydrogen-bond acceptors (Lipinski definition) is 4. The van der Waals surface area contributed by atoms with E-state index >= 15 is 0 Å². The van der Waals surface area contributed by atoms with Crippen molar-refractivity contribution in [3.05, 3.63) is 72.3 Å². The van der Waals surface area contributed by atoms with Crippen LogP contribution in [-0.2, 0) is 0 Å². The molecule has 0 spiro atoms. The van der Waals surface area contributed by atoms with Crippen molar-refractivity contribution in [1.82, 2.24) is 0 Å². The third kappa shape index (κ3) is 4.47. The molecule has 138 valence electrons. The van der Waals surface area contributed by atoms with Gasteiger partial charge in [0.25, 0.3) is 0 Å². The Labute approximate surface area is 159 Å². The zero-order chi connectivity index (χ0) is 19.1. The van der Waals surface area contributed by atoms with E-state index in [0.29, 0.717) is 35.2 Å². The summed E-state index contributed by atoms with van der Waals surface area (Å²) in [7, 11) is 1.54. The third-order valence-electron chi connectivity index (χ3n) is 4.04. The maximum Gasteiger partial charge on any atom is 0.204 e. The first kappa shape index (κ1) is 18.5. The van der Waals surface area contributed by atoms with Crippen molar-refractivity contribution in [3.8, 4) is 34.1 Å². The van der Waals surface area contributed by atoms with Crippen molar-refractivity contribution < 1.29 is 19.0 Å². The summed E-state index contributed by atoms with van der Waals surface area (Å²) in [6, 6.07) is 21.2. The number of carbonyl (C=O) groups is 1. The van der Waals surface area contributed by atoms with E-state index in [4.69, 9.17) is 14.2 Å². The van der Waals surface area contributed by atoms with E-state index in [-0.39, 0.29) is 0 Å². The van der Waals surface area contributed by atoms with Crippen LogP contribution in [0.4, 0.5) is 0 Å². The van der Waals surface area contributed by atoms with E-state index in [2.05, 4.69) is 12.1 Å². The van der Waals surface area contributed by atoms with E-state index < -0.39 is 0 Å². The lowest BCUT2D eigenvalue weighted by Crippen LogP contribution is -2.01. The van der Waals surface area contributed by atoms with Crippen molar-refractivity contribution in [3.63, 3.8) is 0 Å². The lowest BCUT2D eigenvalue weighted by molar-refractivity contribution is 0.112. The first-order chi connectivity index (χ1) is 13.2. The van der Waals surface area contributed by atoms with Gasteiger partial charge in [-0.2, -0.15) is 0 Å². The minimum atomic E-state index is 0.456. The van der Waals surface area contributed by atoms with Crippen LogP contribution in [0.15, 0.2) is 66.7 Å². The molecule has 0 atom stereocenters. The quantitative estimate of drug-likeness (QED) is 0.478. The molecule has 3 aromatic carbocycles. The molecule has 0 amide bonds. The first-order valence-electron chi connectivity index (χ1n) is 8.88. The smallest absolute Gasteiger partial charge is 0.204 e. The van der Waals surface area contributed by atoms with Crippen molar-refractivity contribution in [2.75, 3.05) is 13.7 Å². The summed E-state index contributed by atoms with van der Waals surface area (Å²) in [6.45, 7) is 2.55. The molecule has 0 fully saturated rings. The van der Waals surface area contributed by atoms with Gasteiger partial charge in [-0.25, -0.2) is 0 Å². The molecule has 3 rings (SSSR count). The Morgan fingerprint density at radius 1 is 0.889 bits per heavy atom. The molecule has 4 nitrogen and oxygen atoms in total. The third-order valence-corrected chi connectivity index (χ3v) is 4.04. The second-order valence-electron chi connectivity index (χ2n) is 6.01. The Bertz CT molecular complexity index is 886. The summed E-state index contributed by atoms with van der Waals surface area (Å²) >= 11 is 0. The summed E-state index contributed by atoms with van der Waals surface area (Å²) in [5.41, 5.74) is 2.71. The van der Waals surface area contributed by atoms with E-state index in [0.717, 1.165) is 23.8 Å². The maximum absolute atomic E-state index is 11.3. The van der Waals surface area contributed by atoms with Gasteiger partial charge in [-0.1, -0.05) is 49.4 Å². The Morgan fingerprint density at radius 3 is 2.19 bits per heavy atom. The van der Waals surface area contributed by atoms with Gasteiger partial charge in [-0.15, -0.1) is 0 Å². The number of carbonyl (C=O) groups excluding carboxylic acids is 1. The van der Waals surface area contributed by atoms with Crippen LogP contribution in [0.25, 0.3) is 11.1 Å². The minimum Gasteiger partial charge on any atom is -0.493 e. The fraction of sp³-hybridized carbons (Fsp3) is 0.174. The molecular formula is C23H22O4. The maximum atomic E-state index is 11.3. The fourth-order valence-electron chi connectivity index (χ4n) is 2.71. The second kappa shape index (κ2) is 8.90. The number of ether oxygens (including phenoxy) is 3. The molecule has 0 radical (unpaired) electrons. The van der Waals surface area contributed by atoms with Crippen molar-refractivity contribution in [2.45, 2.75) is 13.3 Å². The Kier molecular flexibility index (Phi) is 6.10. The van der Waals surface area contributed by atoms with Crippen molar-refractivity contribution in [2.24, 2.45) is 0 Å². The van der Waals surface area contributed by atoms with Gasteiger partial charge in [0.2, 0.25) is 5.75 Å². The van der Waals surface area contributed by atoms with Gasteiger partial charge in [-0.3, -0.25) is 4.79 Å². The van der Waals surface area contributed by atoms with Crippen LogP contribution in [0.5, 0.6) is 23.0 Å². The molecule has 0 saturated carbocycles. The lowest BCUT2D eigenvalue weighted by Gasteiger charge is -2.16. The molecule has 0 N–H and O–H groups in total. The van der Waals surface area contributed by atoms with Gasteiger partial charge >= 0.3 is 0 Å². The van der Waals surface area contributed by atoms with Gasteiger partial charge in [0, 0.05) is 5.56 Å². The van der Waals surface area contributed by atoms with Crippen LogP contribution in [0, 0.1) is 0 Å². The molecule has 0 bridgehead atoms. The molecule has 0 heterocycles. The van der Waals surface area contributed by atoms with E-state index in [1.165, 1.54) is 0 Å². The normalized spacial score (nSPS) is 10.3. The minimum absolute atomic E-state index is 0.456. The second-order valence-corrected chi connectivity index (χ2v) is 6.01. The Morgan fingerprint density at radius 2 is 1.56 bits per heavy atom. The molecule has 0 aliphatic heterocycles. The number of rotatable bonds is 8. The molecule has 0 unspecified atom stereocenters. The van der Waals surface area contributed by atoms with Crippen molar-refractivity contribution >= 4 is 6.29 Å². The molecule has 4 heteroatoms. The molecular weight excluding hydrogens is 340 g/mol. The average Bonchev–Trinajstić information content (AvgIpc) is 2.73. The molecule has 0 aromatic heterocycles. The van der Waals surface area contributed by atoms with Crippen LogP contribution in [0.1, 0.15) is 23.7 Å². The van der Waals surface area contributed by atoms with Gasteiger partial charge in [0.1, 0.15) is 12.0 Å². The lowest BCUT2D eigenvalue weighted by atomic mass is 10.1. The van der Waals surface area contributed by atoms with Crippen LogP contribution in [0.2, 0.25) is 0 Å². The highest BCUT2D eigenvalue weighted by Gasteiger charge is 2.15. The zero-order valence-electron chi connectivity index (χ0n) is 15.5. The predicted octanol–water partition coefficient (Wildman–Crippen LogP) is 5.76. The zero-order valence-corrected chi connectivity index (χ0v) is 15.5. The van der Waals surface area contributed by atoms with Crippen LogP contribution in [-0.4, -0.2) is 20.0 Å². The summed E-state index contributed by atoms with van der Waals surface area (Å²) in [5.74, 6) is 2.08. The van der Waals surface area contributed by atoms with E-state index in [1.807, 2.05) is 49.4 Å². The molecule has 0 aliphatic rings. The summed E-state index contributed by atoms with van der Waals surface area (Å²) in [6.07, 6.45) is 1.61. The SMILES string of the molecule is CCCOc1c(OC)cc(C=O)cc1Oc1ccc(-c2ccccc2)cc1. The monoisotopic (exact) mass is 362 g/mol. The summed E-state index contributed by atoms with van der Waals surface area (Å²) in [4.78, 5) is 11.3. The largest absolute Gasteiger partial charge is 0.493 e. The summed E-state index contributed by atoms with van der Waals surface area (Å²) < 4.78 is 17.2. The van der Waals surface area contributed by atoms with E-state index in [1.54, 1.807) is 19.2 Å². The van der Waals surface area contributed by atoms with Gasteiger partial charge in [0.15, 0.2) is 11.5 Å². The number of benzene rings is 3. The molecule has 0 saturated heterocycles. The highest BCUT2D eigenvalue weighted by atomic mass is 16.5. The fourth-order valence-corrected chi connectivity index (χ4v) is 2.71. The standard InChI is InChI=1S/C23H22O4/c1-3-13-26-23-21(25-2)14-17(16-24)15-22(23)27-20-11-9-19(10-12-20)18-7-5-4-6-8-18/h4-12,14-16H,3,13H2,1-2H3. The molecule has 27 heavy (non-hydrogen) atoms. The highest BCUT2D eigenvalue weighted by Crippen LogP contribution is 2.41. The number of aldehydes is 1. The average molecular weight is 362 g/mol. The van der Waals surface area contributed by atoms with Gasteiger partial charge < -0.3 is 14.2 Å². The Hall–Kier alpha value is -3.27. The molecule has 3 aromatic rings. The first-order valence-corrected chi connectivity index (χ1v) is 8.88. The topological polar surface area (TPSA) is 44.8 Å².